The number of hydrogen-bond donors (Lipinski definition) is 3. The predicted molar refractivity (Wildman–Crippen MR) is 96.7 cm³/mol. The molecular weight excluding hydrogens is 344 g/mol. The molecule has 25 heavy (non-hydrogen) atoms. The SMILES string of the molecule is CC(C)CCN(C(O)CC(Cc1ccccc1)NC(=O)O)S(C)(=O)=O. The third kappa shape index (κ3) is 8.33. The van der Waals surface area contributed by atoms with Crippen molar-refractivity contribution in [3.05, 3.63) is 35.9 Å². The van der Waals surface area contributed by atoms with Crippen molar-refractivity contribution in [2.24, 2.45) is 5.92 Å². The van der Waals surface area contributed by atoms with Gasteiger partial charge in [0.15, 0.2) is 0 Å². The summed E-state index contributed by atoms with van der Waals surface area (Å²) in [5.74, 6) is 0.286. The van der Waals surface area contributed by atoms with Crippen LogP contribution in [0.15, 0.2) is 30.3 Å². The van der Waals surface area contributed by atoms with Crippen molar-refractivity contribution in [2.45, 2.75) is 45.4 Å². The number of rotatable bonds is 10. The van der Waals surface area contributed by atoms with Crippen molar-refractivity contribution in [1.82, 2.24) is 9.62 Å². The first-order valence-corrected chi connectivity index (χ1v) is 10.1. The maximum atomic E-state index is 12.0. The Kier molecular flexibility index (Phi) is 8.34. The molecule has 0 aliphatic rings. The number of sulfonamides is 1. The number of aliphatic hydroxyl groups excluding tert-OH is 1. The molecule has 3 N–H and O–H groups in total. The fraction of sp³-hybridized carbons (Fsp3) is 0.588. The van der Waals surface area contributed by atoms with Gasteiger partial charge in [0, 0.05) is 19.0 Å². The van der Waals surface area contributed by atoms with Gasteiger partial charge in [-0.05, 0) is 24.3 Å². The third-order valence-corrected chi connectivity index (χ3v) is 5.11. The molecule has 0 saturated carbocycles. The molecule has 0 bridgehead atoms. The summed E-state index contributed by atoms with van der Waals surface area (Å²) in [6.45, 7) is 4.14. The number of amides is 1. The number of nitrogens with zero attached hydrogens (tertiary/aromatic N) is 1. The van der Waals surface area contributed by atoms with Crippen LogP contribution in [0.4, 0.5) is 4.79 Å². The second kappa shape index (κ2) is 9.74. The molecule has 0 aliphatic carbocycles. The zero-order valence-corrected chi connectivity index (χ0v) is 15.7. The Morgan fingerprint density at radius 2 is 1.84 bits per heavy atom. The standard InChI is InChI=1S/C17H28N2O5S/c1-13(2)9-10-19(25(3,23)24)16(20)12-15(18-17(21)22)11-14-7-5-4-6-8-14/h4-8,13,15-16,18,20H,9-12H2,1-3H3,(H,21,22). The minimum atomic E-state index is -3.60. The summed E-state index contributed by atoms with van der Waals surface area (Å²) in [5, 5.41) is 21.8. The normalized spacial score (nSPS) is 14.5. The molecule has 1 amide bonds. The molecule has 1 aromatic rings. The number of carboxylic acid groups (broad SMARTS) is 1. The number of hydrogen-bond acceptors (Lipinski definition) is 4. The molecule has 1 aromatic carbocycles. The monoisotopic (exact) mass is 372 g/mol. The average molecular weight is 372 g/mol. The van der Waals surface area contributed by atoms with E-state index < -0.39 is 28.4 Å². The van der Waals surface area contributed by atoms with E-state index in [0.717, 1.165) is 16.1 Å². The van der Waals surface area contributed by atoms with Crippen LogP contribution in [0.25, 0.3) is 0 Å². The summed E-state index contributed by atoms with van der Waals surface area (Å²) in [5.41, 5.74) is 0.904. The van der Waals surface area contributed by atoms with Crippen molar-refractivity contribution in [2.75, 3.05) is 12.8 Å². The lowest BCUT2D eigenvalue weighted by Gasteiger charge is -2.29. The number of aliphatic hydroxyl groups is 1. The van der Waals surface area contributed by atoms with Crippen LogP contribution in [0.2, 0.25) is 0 Å². The van der Waals surface area contributed by atoms with Crippen LogP contribution in [0.1, 0.15) is 32.3 Å². The Hall–Kier alpha value is -1.64. The first-order valence-electron chi connectivity index (χ1n) is 8.28. The fourth-order valence-electron chi connectivity index (χ4n) is 2.56. The lowest BCUT2D eigenvalue weighted by molar-refractivity contribution is 0.0443. The highest BCUT2D eigenvalue weighted by Crippen LogP contribution is 2.15. The van der Waals surface area contributed by atoms with Crippen LogP contribution in [0, 0.1) is 5.92 Å². The van der Waals surface area contributed by atoms with Gasteiger partial charge in [-0.2, -0.15) is 4.31 Å². The molecule has 0 fully saturated rings. The van der Waals surface area contributed by atoms with E-state index in [1.807, 2.05) is 44.2 Å². The Morgan fingerprint density at radius 1 is 1.24 bits per heavy atom. The fourth-order valence-corrected chi connectivity index (χ4v) is 3.53. The molecule has 2 atom stereocenters. The van der Waals surface area contributed by atoms with Crippen molar-refractivity contribution >= 4 is 16.1 Å². The molecule has 142 valence electrons. The van der Waals surface area contributed by atoms with E-state index in [1.54, 1.807) is 0 Å². The summed E-state index contributed by atoms with van der Waals surface area (Å²) in [6.07, 6.45) is -0.485. The Morgan fingerprint density at radius 3 is 2.32 bits per heavy atom. The molecule has 7 nitrogen and oxygen atoms in total. The van der Waals surface area contributed by atoms with E-state index in [4.69, 9.17) is 5.11 Å². The summed E-state index contributed by atoms with van der Waals surface area (Å²) >= 11 is 0. The lowest BCUT2D eigenvalue weighted by Crippen LogP contribution is -2.46. The Balaban J connectivity index is 2.85. The maximum Gasteiger partial charge on any atom is 0.404 e. The van der Waals surface area contributed by atoms with E-state index in [1.165, 1.54) is 0 Å². The number of benzene rings is 1. The van der Waals surface area contributed by atoms with Crippen LogP contribution in [-0.2, 0) is 16.4 Å². The molecular formula is C17H28N2O5S. The van der Waals surface area contributed by atoms with Gasteiger partial charge >= 0.3 is 6.09 Å². The van der Waals surface area contributed by atoms with Crippen molar-refractivity contribution < 1.29 is 23.4 Å². The Labute approximate surface area is 149 Å². The van der Waals surface area contributed by atoms with Gasteiger partial charge in [0.25, 0.3) is 0 Å². The average Bonchev–Trinajstić information content (AvgIpc) is 2.45. The molecule has 0 radical (unpaired) electrons. The summed E-state index contributed by atoms with van der Waals surface area (Å²) in [7, 11) is -3.60. The molecule has 0 saturated heterocycles. The second-order valence-corrected chi connectivity index (χ2v) is 8.54. The first-order chi connectivity index (χ1) is 11.6. The van der Waals surface area contributed by atoms with Gasteiger partial charge < -0.3 is 15.5 Å². The highest BCUT2D eigenvalue weighted by molar-refractivity contribution is 7.88. The molecule has 2 unspecified atom stereocenters. The van der Waals surface area contributed by atoms with Crippen molar-refractivity contribution in [1.29, 1.82) is 0 Å². The first kappa shape index (κ1) is 21.4. The van der Waals surface area contributed by atoms with Gasteiger partial charge in [-0.15, -0.1) is 0 Å². The molecule has 1 rings (SSSR count). The van der Waals surface area contributed by atoms with Crippen molar-refractivity contribution in [3.63, 3.8) is 0 Å². The topological polar surface area (TPSA) is 107 Å². The van der Waals surface area contributed by atoms with Crippen LogP contribution in [0.3, 0.4) is 0 Å². The van der Waals surface area contributed by atoms with Gasteiger partial charge in [0.1, 0.15) is 6.23 Å². The lowest BCUT2D eigenvalue weighted by atomic mass is 10.0. The zero-order chi connectivity index (χ0) is 19.0. The summed E-state index contributed by atoms with van der Waals surface area (Å²) < 4.78 is 25.0. The summed E-state index contributed by atoms with van der Waals surface area (Å²) in [4.78, 5) is 11.0. The van der Waals surface area contributed by atoms with Crippen molar-refractivity contribution in [3.8, 4) is 0 Å². The molecule has 0 aromatic heterocycles. The van der Waals surface area contributed by atoms with E-state index >= 15 is 0 Å². The maximum absolute atomic E-state index is 12.0. The highest BCUT2D eigenvalue weighted by Gasteiger charge is 2.28. The molecule has 0 heterocycles. The van der Waals surface area contributed by atoms with Gasteiger partial charge in [0.2, 0.25) is 10.0 Å². The zero-order valence-electron chi connectivity index (χ0n) is 14.9. The van der Waals surface area contributed by atoms with Crippen LogP contribution >= 0.6 is 0 Å². The molecule has 0 spiro atoms. The van der Waals surface area contributed by atoms with Crippen LogP contribution in [0.5, 0.6) is 0 Å². The van der Waals surface area contributed by atoms with E-state index in [-0.39, 0.29) is 18.9 Å². The van der Waals surface area contributed by atoms with Crippen LogP contribution in [-0.4, -0.2) is 54.1 Å². The minimum absolute atomic E-state index is 0.0215. The molecule has 8 heteroatoms. The second-order valence-electron chi connectivity index (χ2n) is 6.61. The Bertz CT molecular complexity index is 634. The smallest absolute Gasteiger partial charge is 0.404 e. The molecule has 0 aliphatic heterocycles. The van der Waals surface area contributed by atoms with Gasteiger partial charge in [0.05, 0.1) is 6.26 Å². The van der Waals surface area contributed by atoms with E-state index in [0.29, 0.717) is 12.8 Å². The largest absolute Gasteiger partial charge is 0.465 e. The van der Waals surface area contributed by atoms with Crippen LogP contribution < -0.4 is 5.32 Å². The minimum Gasteiger partial charge on any atom is -0.465 e. The highest BCUT2D eigenvalue weighted by atomic mass is 32.2. The quantitative estimate of drug-likeness (QED) is 0.544. The van der Waals surface area contributed by atoms with Gasteiger partial charge in [-0.25, -0.2) is 13.2 Å². The van der Waals surface area contributed by atoms with Gasteiger partial charge in [-0.1, -0.05) is 44.2 Å². The number of nitrogens with one attached hydrogen (secondary N) is 1. The van der Waals surface area contributed by atoms with E-state index in [2.05, 4.69) is 5.32 Å². The number of carbonyl (C=O) groups is 1. The van der Waals surface area contributed by atoms with E-state index in [9.17, 15) is 18.3 Å². The third-order valence-electron chi connectivity index (χ3n) is 3.83. The van der Waals surface area contributed by atoms with Gasteiger partial charge in [-0.3, -0.25) is 0 Å². The predicted octanol–water partition coefficient (Wildman–Crippen LogP) is 1.88. The summed E-state index contributed by atoms with van der Waals surface area (Å²) in [6, 6.07) is 8.66.